The molecule has 0 aliphatic carbocycles. The van der Waals surface area contributed by atoms with Crippen molar-refractivity contribution in [2.24, 2.45) is 5.73 Å². The van der Waals surface area contributed by atoms with Crippen LogP contribution in [0.5, 0.6) is 0 Å². The Labute approximate surface area is 105 Å². The van der Waals surface area contributed by atoms with Crippen LogP contribution in [-0.4, -0.2) is 10.7 Å². The minimum atomic E-state index is -3.49. The fraction of sp³-hybridized carbons (Fsp3) is 0.538. The molecule has 5 heteroatoms. The quantitative estimate of drug-likeness (QED) is 0.878. The predicted octanol–water partition coefficient (Wildman–Crippen LogP) is 2.88. The van der Waals surface area contributed by atoms with Crippen LogP contribution in [-0.2, 0) is 11.5 Å². The predicted molar refractivity (Wildman–Crippen MR) is 63.8 cm³/mol. The maximum atomic E-state index is 13.9. The summed E-state index contributed by atoms with van der Waals surface area (Å²) in [7, 11) is 0. The fourth-order valence-electron chi connectivity index (χ4n) is 1.57. The van der Waals surface area contributed by atoms with Crippen LogP contribution in [0.1, 0.15) is 38.8 Å². The van der Waals surface area contributed by atoms with E-state index >= 15 is 0 Å². The van der Waals surface area contributed by atoms with Crippen LogP contribution in [0, 0.1) is 5.82 Å². The van der Waals surface area contributed by atoms with Crippen molar-refractivity contribution in [3.63, 3.8) is 0 Å². The molecule has 0 radical (unpaired) electrons. The van der Waals surface area contributed by atoms with E-state index < -0.39 is 28.4 Å². The molecule has 0 saturated heterocycles. The maximum absolute atomic E-state index is 13.9. The first kappa shape index (κ1) is 15.0. The summed E-state index contributed by atoms with van der Waals surface area (Å²) in [5.74, 6) is -4.13. The number of aliphatic hydroxyl groups is 1. The molecule has 1 aromatic carbocycles. The second-order valence-corrected chi connectivity index (χ2v) is 5.55. The zero-order valence-electron chi connectivity index (χ0n) is 10.9. The molecule has 0 saturated carbocycles. The van der Waals surface area contributed by atoms with Gasteiger partial charge in [0.15, 0.2) is 0 Å². The Kier molecular flexibility index (Phi) is 3.53. The van der Waals surface area contributed by atoms with Crippen LogP contribution >= 0.6 is 0 Å². The van der Waals surface area contributed by atoms with E-state index in [9.17, 15) is 18.3 Å². The van der Waals surface area contributed by atoms with Gasteiger partial charge in [0.2, 0.25) is 0 Å². The summed E-state index contributed by atoms with van der Waals surface area (Å²) in [5.41, 5.74) is 1.96. The number of benzene rings is 1. The third kappa shape index (κ3) is 2.67. The first-order valence-electron chi connectivity index (χ1n) is 5.57. The molecule has 0 heterocycles. The zero-order chi connectivity index (χ0) is 14.4. The van der Waals surface area contributed by atoms with Gasteiger partial charge in [-0.3, -0.25) is 0 Å². The molecule has 0 aliphatic rings. The highest BCUT2D eigenvalue weighted by molar-refractivity contribution is 5.33. The number of nitrogens with two attached hydrogens (primary N) is 1. The molecule has 0 unspecified atom stereocenters. The lowest BCUT2D eigenvalue weighted by Gasteiger charge is -2.30. The second-order valence-electron chi connectivity index (χ2n) is 5.55. The monoisotopic (exact) mass is 261 g/mol. The Bertz CT molecular complexity index is 445. The third-order valence-electron chi connectivity index (χ3n) is 2.79. The number of halogens is 3. The molecule has 0 atom stereocenters. The highest BCUT2D eigenvalue weighted by Gasteiger charge is 2.47. The molecule has 1 rings (SSSR count). The van der Waals surface area contributed by atoms with Crippen molar-refractivity contribution in [3.05, 3.63) is 35.1 Å². The third-order valence-corrected chi connectivity index (χ3v) is 2.79. The van der Waals surface area contributed by atoms with E-state index in [1.54, 1.807) is 0 Å². The summed E-state index contributed by atoms with van der Waals surface area (Å²) in [6.07, 6.45) is 0. The molecule has 2 nitrogen and oxygen atoms in total. The van der Waals surface area contributed by atoms with E-state index in [1.165, 1.54) is 13.8 Å². The van der Waals surface area contributed by atoms with Gasteiger partial charge in [-0.25, -0.2) is 4.39 Å². The van der Waals surface area contributed by atoms with Crippen LogP contribution in [0.15, 0.2) is 18.2 Å². The van der Waals surface area contributed by atoms with Crippen LogP contribution < -0.4 is 5.73 Å². The van der Waals surface area contributed by atoms with Crippen molar-refractivity contribution < 1.29 is 18.3 Å². The summed E-state index contributed by atoms with van der Waals surface area (Å²) in [6, 6.07) is 2.91. The number of hydrogen-bond acceptors (Lipinski definition) is 2. The lowest BCUT2D eigenvalue weighted by molar-refractivity contribution is -0.168. The van der Waals surface area contributed by atoms with Gasteiger partial charge in [-0.1, -0.05) is 6.07 Å². The zero-order valence-corrected chi connectivity index (χ0v) is 10.9. The molecular weight excluding hydrogens is 243 g/mol. The van der Waals surface area contributed by atoms with E-state index in [1.807, 2.05) is 0 Å². The first-order valence-corrected chi connectivity index (χ1v) is 5.57. The van der Waals surface area contributed by atoms with Gasteiger partial charge in [-0.15, -0.1) is 0 Å². The van der Waals surface area contributed by atoms with Gasteiger partial charge < -0.3 is 10.8 Å². The Balaban J connectivity index is 3.38. The van der Waals surface area contributed by atoms with Crippen LogP contribution in [0.4, 0.5) is 13.2 Å². The molecule has 0 spiro atoms. The largest absolute Gasteiger partial charge is 0.384 e. The summed E-state index contributed by atoms with van der Waals surface area (Å²) >= 11 is 0. The summed E-state index contributed by atoms with van der Waals surface area (Å²) in [6.45, 7) is 5.06. The average Bonchev–Trinajstić information content (AvgIpc) is 2.14. The van der Waals surface area contributed by atoms with Crippen molar-refractivity contribution in [2.45, 2.75) is 44.8 Å². The summed E-state index contributed by atoms with van der Waals surface area (Å²) in [4.78, 5) is 0. The Morgan fingerprint density at radius 2 is 1.61 bits per heavy atom. The smallest absolute Gasteiger partial charge is 0.300 e. The molecular formula is C13H18F3NO. The molecule has 102 valence electrons. The van der Waals surface area contributed by atoms with Crippen LogP contribution in [0.3, 0.4) is 0 Å². The Morgan fingerprint density at radius 1 is 1.11 bits per heavy atom. The lowest BCUT2D eigenvalue weighted by Crippen LogP contribution is -2.40. The van der Waals surface area contributed by atoms with Gasteiger partial charge in [0.25, 0.3) is 0 Å². The van der Waals surface area contributed by atoms with Gasteiger partial charge in [-0.05, 0) is 39.8 Å². The molecule has 0 bridgehead atoms. The number of rotatable bonds is 3. The van der Waals surface area contributed by atoms with Crippen LogP contribution in [0.2, 0.25) is 0 Å². The molecule has 3 N–H and O–H groups in total. The van der Waals surface area contributed by atoms with Gasteiger partial charge in [0, 0.05) is 16.7 Å². The van der Waals surface area contributed by atoms with E-state index in [0.717, 1.165) is 32.0 Å². The number of alkyl halides is 2. The normalized spacial score (nSPS) is 13.8. The average molecular weight is 261 g/mol. The van der Waals surface area contributed by atoms with Crippen molar-refractivity contribution >= 4 is 0 Å². The van der Waals surface area contributed by atoms with Gasteiger partial charge in [0.1, 0.15) is 11.4 Å². The van der Waals surface area contributed by atoms with Gasteiger partial charge in [-0.2, -0.15) is 8.78 Å². The standard InChI is InChI=1S/C13H18F3NO/c1-11(2,17)9-7-8(5-6-10(9)14)13(15,16)12(3,4)18/h5-7,18H,17H2,1-4H3. The highest BCUT2D eigenvalue weighted by Crippen LogP contribution is 2.39. The maximum Gasteiger partial charge on any atom is 0.300 e. The summed E-state index contributed by atoms with van der Waals surface area (Å²) < 4.78 is 41.5. The minimum Gasteiger partial charge on any atom is -0.384 e. The van der Waals surface area contributed by atoms with E-state index in [-0.39, 0.29) is 5.56 Å². The molecule has 0 fully saturated rings. The lowest BCUT2D eigenvalue weighted by atomic mass is 9.88. The molecule has 18 heavy (non-hydrogen) atoms. The van der Waals surface area contributed by atoms with Crippen molar-refractivity contribution in [1.82, 2.24) is 0 Å². The van der Waals surface area contributed by atoms with E-state index in [4.69, 9.17) is 5.73 Å². The number of hydrogen-bond donors (Lipinski definition) is 2. The molecule has 0 aromatic heterocycles. The molecule has 0 amide bonds. The minimum absolute atomic E-state index is 0.0103. The first-order chi connectivity index (χ1) is 7.87. The van der Waals surface area contributed by atoms with E-state index in [0.29, 0.717) is 0 Å². The van der Waals surface area contributed by atoms with Gasteiger partial charge >= 0.3 is 5.92 Å². The fourth-order valence-corrected chi connectivity index (χ4v) is 1.57. The van der Waals surface area contributed by atoms with Crippen molar-refractivity contribution in [3.8, 4) is 0 Å². The van der Waals surface area contributed by atoms with E-state index in [2.05, 4.69) is 0 Å². The highest BCUT2D eigenvalue weighted by atomic mass is 19.3. The SMILES string of the molecule is CC(C)(N)c1cc(C(F)(F)C(C)(C)O)ccc1F. The molecule has 1 aromatic rings. The summed E-state index contributed by atoms with van der Waals surface area (Å²) in [5, 5.41) is 9.49. The Morgan fingerprint density at radius 3 is 2.00 bits per heavy atom. The van der Waals surface area contributed by atoms with Gasteiger partial charge in [0.05, 0.1) is 0 Å². The van der Waals surface area contributed by atoms with Crippen molar-refractivity contribution in [2.75, 3.05) is 0 Å². The molecule has 0 aliphatic heterocycles. The van der Waals surface area contributed by atoms with Crippen molar-refractivity contribution in [1.29, 1.82) is 0 Å². The second kappa shape index (κ2) is 4.24. The van der Waals surface area contributed by atoms with Crippen LogP contribution in [0.25, 0.3) is 0 Å². The topological polar surface area (TPSA) is 46.2 Å². The Hall–Kier alpha value is -1.07.